The van der Waals surface area contributed by atoms with Gasteiger partial charge in [-0.25, -0.2) is 0 Å². The Morgan fingerprint density at radius 2 is 2.05 bits per heavy atom. The number of nitrogens with two attached hydrogens (primary N) is 1. The molecule has 1 aromatic rings. The number of aliphatic hydroxyl groups is 1. The van der Waals surface area contributed by atoms with Crippen molar-refractivity contribution in [1.29, 1.82) is 0 Å². The summed E-state index contributed by atoms with van der Waals surface area (Å²) in [6.45, 7) is 1.50. The zero-order chi connectivity index (χ0) is 14.1. The highest BCUT2D eigenvalue weighted by molar-refractivity contribution is 5.48. The Hall–Kier alpha value is -1.30. The van der Waals surface area contributed by atoms with E-state index in [9.17, 15) is 0 Å². The lowest BCUT2D eigenvalue weighted by Gasteiger charge is -2.21. The van der Waals surface area contributed by atoms with E-state index in [1.54, 1.807) is 14.2 Å². The number of aliphatic hydroxyl groups excluding tert-OH is 1. The van der Waals surface area contributed by atoms with Crippen LogP contribution in [0.5, 0.6) is 11.5 Å². The SMILES string of the molecule is COc1cccc(C(CN)NCCCCO)c1OC. The van der Waals surface area contributed by atoms with E-state index in [1.165, 1.54) is 0 Å². The molecule has 1 rings (SSSR count). The van der Waals surface area contributed by atoms with Crippen molar-refractivity contribution in [2.75, 3.05) is 33.9 Å². The molecule has 4 N–H and O–H groups in total. The van der Waals surface area contributed by atoms with Crippen molar-refractivity contribution in [3.05, 3.63) is 23.8 Å². The fourth-order valence-corrected chi connectivity index (χ4v) is 2.02. The van der Waals surface area contributed by atoms with Crippen LogP contribution in [0.25, 0.3) is 0 Å². The summed E-state index contributed by atoms with van der Waals surface area (Å²) in [6.07, 6.45) is 1.71. The van der Waals surface area contributed by atoms with Gasteiger partial charge >= 0.3 is 0 Å². The molecule has 0 aliphatic carbocycles. The van der Waals surface area contributed by atoms with E-state index >= 15 is 0 Å². The molecular weight excluding hydrogens is 244 g/mol. The third-order valence-electron chi connectivity index (χ3n) is 3.02. The molecule has 5 nitrogen and oxygen atoms in total. The maximum Gasteiger partial charge on any atom is 0.165 e. The Morgan fingerprint density at radius 3 is 2.63 bits per heavy atom. The molecule has 5 heteroatoms. The normalized spacial score (nSPS) is 12.2. The van der Waals surface area contributed by atoms with Crippen LogP contribution in [0.15, 0.2) is 18.2 Å². The maximum absolute atomic E-state index is 8.77. The van der Waals surface area contributed by atoms with E-state index in [-0.39, 0.29) is 12.6 Å². The second kappa shape index (κ2) is 8.74. The molecule has 0 aliphatic rings. The van der Waals surface area contributed by atoms with Gasteiger partial charge in [-0.2, -0.15) is 0 Å². The average molecular weight is 268 g/mol. The molecule has 1 atom stereocenters. The summed E-state index contributed by atoms with van der Waals surface area (Å²) in [5, 5.41) is 12.1. The van der Waals surface area contributed by atoms with Crippen molar-refractivity contribution in [3.63, 3.8) is 0 Å². The summed E-state index contributed by atoms with van der Waals surface area (Å²) < 4.78 is 10.7. The third-order valence-corrected chi connectivity index (χ3v) is 3.02. The summed E-state index contributed by atoms with van der Waals surface area (Å²) in [4.78, 5) is 0. The minimum absolute atomic E-state index is 0.0174. The summed E-state index contributed by atoms with van der Waals surface area (Å²) >= 11 is 0. The van der Waals surface area contributed by atoms with Crippen molar-refractivity contribution in [2.24, 2.45) is 5.73 Å². The first-order chi connectivity index (χ1) is 9.28. The lowest BCUT2D eigenvalue weighted by atomic mass is 10.0. The van der Waals surface area contributed by atoms with Crippen LogP contribution in [0.4, 0.5) is 0 Å². The second-order valence-corrected chi connectivity index (χ2v) is 4.26. The van der Waals surface area contributed by atoms with Crippen molar-refractivity contribution in [1.82, 2.24) is 5.32 Å². The molecule has 108 valence electrons. The van der Waals surface area contributed by atoms with Crippen molar-refractivity contribution >= 4 is 0 Å². The molecule has 0 heterocycles. The van der Waals surface area contributed by atoms with Crippen LogP contribution < -0.4 is 20.5 Å². The number of unbranched alkanes of at least 4 members (excludes halogenated alkanes) is 1. The largest absolute Gasteiger partial charge is 0.493 e. The molecule has 0 aromatic heterocycles. The highest BCUT2D eigenvalue weighted by Gasteiger charge is 2.17. The Kier molecular flexibility index (Phi) is 7.25. The highest BCUT2D eigenvalue weighted by atomic mass is 16.5. The quantitative estimate of drug-likeness (QED) is 0.584. The van der Waals surface area contributed by atoms with Gasteiger partial charge in [-0.15, -0.1) is 0 Å². The Bertz CT molecular complexity index is 372. The lowest BCUT2D eigenvalue weighted by Crippen LogP contribution is -2.29. The van der Waals surface area contributed by atoms with E-state index in [2.05, 4.69) is 5.32 Å². The van der Waals surface area contributed by atoms with Crippen LogP contribution >= 0.6 is 0 Å². The monoisotopic (exact) mass is 268 g/mol. The van der Waals surface area contributed by atoms with Gasteiger partial charge in [-0.05, 0) is 25.5 Å². The number of nitrogens with one attached hydrogen (secondary N) is 1. The number of rotatable bonds is 9. The van der Waals surface area contributed by atoms with E-state index in [0.717, 1.165) is 30.7 Å². The molecule has 19 heavy (non-hydrogen) atoms. The smallest absolute Gasteiger partial charge is 0.165 e. The highest BCUT2D eigenvalue weighted by Crippen LogP contribution is 2.34. The molecule has 0 amide bonds. The van der Waals surface area contributed by atoms with Gasteiger partial charge in [-0.1, -0.05) is 12.1 Å². The van der Waals surface area contributed by atoms with Crippen LogP contribution in [0.1, 0.15) is 24.4 Å². The van der Waals surface area contributed by atoms with E-state index in [4.69, 9.17) is 20.3 Å². The van der Waals surface area contributed by atoms with Crippen LogP contribution in [-0.4, -0.2) is 39.0 Å². The van der Waals surface area contributed by atoms with Gasteiger partial charge in [0.2, 0.25) is 0 Å². The van der Waals surface area contributed by atoms with E-state index < -0.39 is 0 Å². The van der Waals surface area contributed by atoms with Gasteiger partial charge in [0.15, 0.2) is 11.5 Å². The predicted octanol–water partition coefficient (Wildman–Crippen LogP) is 1.07. The topological polar surface area (TPSA) is 76.7 Å². The number of hydrogen-bond acceptors (Lipinski definition) is 5. The van der Waals surface area contributed by atoms with Gasteiger partial charge in [0.25, 0.3) is 0 Å². The van der Waals surface area contributed by atoms with Gasteiger partial charge in [0, 0.05) is 24.8 Å². The predicted molar refractivity (Wildman–Crippen MR) is 75.7 cm³/mol. The molecular formula is C14H24N2O3. The maximum atomic E-state index is 8.77. The number of hydrogen-bond donors (Lipinski definition) is 3. The molecule has 0 fully saturated rings. The van der Waals surface area contributed by atoms with Gasteiger partial charge in [0.05, 0.1) is 14.2 Å². The van der Waals surface area contributed by atoms with Gasteiger partial charge in [0.1, 0.15) is 0 Å². The number of benzene rings is 1. The van der Waals surface area contributed by atoms with Crippen molar-refractivity contribution < 1.29 is 14.6 Å². The standard InChI is InChI=1S/C14H24N2O3/c1-18-13-7-5-6-11(14(13)19-2)12(10-15)16-8-3-4-9-17/h5-7,12,16-17H,3-4,8-10,15H2,1-2H3. The molecule has 0 spiro atoms. The fourth-order valence-electron chi connectivity index (χ4n) is 2.02. The second-order valence-electron chi connectivity index (χ2n) is 4.26. The summed E-state index contributed by atoms with van der Waals surface area (Å²) in [7, 11) is 3.24. The van der Waals surface area contributed by atoms with Crippen molar-refractivity contribution in [2.45, 2.75) is 18.9 Å². The van der Waals surface area contributed by atoms with E-state index in [0.29, 0.717) is 12.3 Å². The average Bonchev–Trinajstić information content (AvgIpc) is 2.46. The zero-order valence-corrected chi connectivity index (χ0v) is 11.7. The molecule has 0 bridgehead atoms. The van der Waals surface area contributed by atoms with Crippen LogP contribution in [0, 0.1) is 0 Å². The molecule has 1 aromatic carbocycles. The fraction of sp³-hybridized carbons (Fsp3) is 0.571. The molecule has 0 saturated heterocycles. The molecule has 0 saturated carbocycles. The Balaban J connectivity index is 2.79. The minimum Gasteiger partial charge on any atom is -0.493 e. The van der Waals surface area contributed by atoms with Gasteiger partial charge < -0.3 is 25.6 Å². The first-order valence-electron chi connectivity index (χ1n) is 6.53. The first kappa shape index (κ1) is 15.8. The summed E-state index contributed by atoms with van der Waals surface area (Å²) in [5.41, 5.74) is 6.82. The summed E-state index contributed by atoms with van der Waals surface area (Å²) in [5.74, 6) is 1.42. The molecule has 1 unspecified atom stereocenters. The lowest BCUT2D eigenvalue weighted by molar-refractivity contribution is 0.282. The Labute approximate surface area is 114 Å². The van der Waals surface area contributed by atoms with Crippen LogP contribution in [0.3, 0.4) is 0 Å². The minimum atomic E-state index is 0.0174. The molecule has 0 radical (unpaired) electrons. The first-order valence-corrected chi connectivity index (χ1v) is 6.53. The summed E-state index contributed by atoms with van der Waals surface area (Å²) in [6, 6.07) is 5.79. The van der Waals surface area contributed by atoms with Crippen molar-refractivity contribution in [3.8, 4) is 11.5 Å². The number of para-hydroxylation sites is 1. The van der Waals surface area contributed by atoms with Crippen LogP contribution in [-0.2, 0) is 0 Å². The number of ether oxygens (including phenoxy) is 2. The van der Waals surface area contributed by atoms with E-state index in [1.807, 2.05) is 18.2 Å². The number of methoxy groups -OCH3 is 2. The molecule has 0 aliphatic heterocycles. The van der Waals surface area contributed by atoms with Gasteiger partial charge in [-0.3, -0.25) is 0 Å². The van der Waals surface area contributed by atoms with Crippen LogP contribution in [0.2, 0.25) is 0 Å². The Morgan fingerprint density at radius 1 is 1.26 bits per heavy atom. The third kappa shape index (κ3) is 4.38. The zero-order valence-electron chi connectivity index (χ0n) is 11.7.